The first-order chi connectivity index (χ1) is 18.3. The van der Waals surface area contributed by atoms with E-state index in [9.17, 15) is 19.2 Å². The SMILES string of the molecule is CC(C)C(NC(=O)Cn1c(-c2ccccc2)ncc(NC(=O)Cc2ccccc2)c1=O)C(=O)c1nccs1. The Balaban J connectivity index is 1.61. The number of aromatic nitrogens is 3. The zero-order chi connectivity index (χ0) is 27.1. The number of carbonyl (C=O) groups excluding carboxylic acids is 3. The lowest BCUT2D eigenvalue weighted by Crippen LogP contribution is -2.46. The van der Waals surface area contributed by atoms with Crippen molar-refractivity contribution in [3.05, 3.63) is 99.4 Å². The number of nitrogens with zero attached hydrogens (tertiary/aromatic N) is 3. The summed E-state index contributed by atoms with van der Waals surface area (Å²) in [5.74, 6) is -1.16. The van der Waals surface area contributed by atoms with Gasteiger partial charge in [0.2, 0.25) is 17.6 Å². The maximum absolute atomic E-state index is 13.5. The third-order valence-electron chi connectivity index (χ3n) is 5.77. The number of ketones is 1. The predicted molar refractivity (Wildman–Crippen MR) is 146 cm³/mol. The molecule has 0 aliphatic carbocycles. The van der Waals surface area contributed by atoms with Crippen LogP contribution in [0.5, 0.6) is 0 Å². The molecule has 0 spiro atoms. The van der Waals surface area contributed by atoms with Crippen LogP contribution in [0.15, 0.2) is 83.2 Å². The van der Waals surface area contributed by atoms with E-state index in [0.717, 1.165) is 5.56 Å². The summed E-state index contributed by atoms with van der Waals surface area (Å²) in [6.45, 7) is 3.25. The van der Waals surface area contributed by atoms with Gasteiger partial charge in [0.15, 0.2) is 5.01 Å². The molecule has 194 valence electrons. The van der Waals surface area contributed by atoms with Crippen LogP contribution in [0.3, 0.4) is 0 Å². The van der Waals surface area contributed by atoms with Crippen LogP contribution < -0.4 is 16.2 Å². The van der Waals surface area contributed by atoms with Crippen molar-refractivity contribution in [2.75, 3.05) is 5.32 Å². The highest BCUT2D eigenvalue weighted by Gasteiger charge is 2.27. The molecule has 0 radical (unpaired) electrons. The molecular formula is C28H27N5O4S. The number of rotatable bonds is 10. The summed E-state index contributed by atoms with van der Waals surface area (Å²) in [6.07, 6.45) is 2.91. The van der Waals surface area contributed by atoms with Crippen molar-refractivity contribution >= 4 is 34.6 Å². The minimum atomic E-state index is -0.814. The number of thiazole rings is 1. The highest BCUT2D eigenvalue weighted by Crippen LogP contribution is 2.17. The Kier molecular flexibility index (Phi) is 8.55. The lowest BCUT2D eigenvalue weighted by Gasteiger charge is -2.21. The van der Waals surface area contributed by atoms with Crippen molar-refractivity contribution in [2.45, 2.75) is 32.9 Å². The number of Topliss-reactive ketones (excluding diaryl/α,β-unsaturated/α-hetero) is 1. The first kappa shape index (κ1) is 26.6. The summed E-state index contributed by atoms with van der Waals surface area (Å²) in [5, 5.41) is 7.37. The van der Waals surface area contributed by atoms with E-state index in [0.29, 0.717) is 10.6 Å². The van der Waals surface area contributed by atoms with Gasteiger partial charge in [-0.05, 0) is 11.5 Å². The average Bonchev–Trinajstić information content (AvgIpc) is 3.45. The molecule has 0 saturated carbocycles. The van der Waals surface area contributed by atoms with Gasteiger partial charge in [0.25, 0.3) is 5.56 Å². The van der Waals surface area contributed by atoms with E-state index in [1.807, 2.05) is 50.2 Å². The van der Waals surface area contributed by atoms with Crippen molar-refractivity contribution in [1.29, 1.82) is 0 Å². The van der Waals surface area contributed by atoms with E-state index in [1.54, 1.807) is 29.6 Å². The molecule has 4 rings (SSSR count). The van der Waals surface area contributed by atoms with E-state index in [-0.39, 0.29) is 35.5 Å². The summed E-state index contributed by atoms with van der Waals surface area (Å²) in [6, 6.07) is 17.3. The first-order valence-electron chi connectivity index (χ1n) is 12.1. The molecule has 2 heterocycles. The van der Waals surface area contributed by atoms with Crippen molar-refractivity contribution < 1.29 is 14.4 Å². The number of anilines is 1. The van der Waals surface area contributed by atoms with Gasteiger partial charge < -0.3 is 10.6 Å². The fourth-order valence-electron chi connectivity index (χ4n) is 3.89. The molecule has 1 unspecified atom stereocenters. The number of hydrogen-bond acceptors (Lipinski definition) is 7. The van der Waals surface area contributed by atoms with Crippen LogP contribution in [0.1, 0.15) is 29.2 Å². The van der Waals surface area contributed by atoms with Gasteiger partial charge in [-0.2, -0.15) is 0 Å². The summed E-state index contributed by atoms with van der Waals surface area (Å²) < 4.78 is 1.20. The largest absolute Gasteiger partial charge is 0.344 e. The lowest BCUT2D eigenvalue weighted by molar-refractivity contribution is -0.122. The third-order valence-corrected chi connectivity index (χ3v) is 6.56. The predicted octanol–water partition coefficient (Wildman–Crippen LogP) is 3.57. The van der Waals surface area contributed by atoms with Gasteiger partial charge in [0.05, 0.1) is 18.7 Å². The highest BCUT2D eigenvalue weighted by molar-refractivity contribution is 7.11. The van der Waals surface area contributed by atoms with Crippen LogP contribution in [0.4, 0.5) is 5.69 Å². The second kappa shape index (κ2) is 12.2. The van der Waals surface area contributed by atoms with Crippen LogP contribution in [0.25, 0.3) is 11.4 Å². The van der Waals surface area contributed by atoms with Gasteiger partial charge in [-0.1, -0.05) is 74.5 Å². The molecule has 2 amide bonds. The minimum absolute atomic E-state index is 0.0438. The average molecular weight is 530 g/mol. The van der Waals surface area contributed by atoms with Crippen LogP contribution >= 0.6 is 11.3 Å². The lowest BCUT2D eigenvalue weighted by atomic mass is 10.00. The van der Waals surface area contributed by atoms with Crippen LogP contribution in [-0.2, 0) is 22.6 Å². The van der Waals surface area contributed by atoms with Crippen molar-refractivity contribution in [3.8, 4) is 11.4 Å². The van der Waals surface area contributed by atoms with E-state index >= 15 is 0 Å². The first-order valence-corrected chi connectivity index (χ1v) is 12.9. The Morgan fingerprint density at radius 3 is 2.26 bits per heavy atom. The molecule has 0 aliphatic rings. The summed E-state index contributed by atoms with van der Waals surface area (Å²) in [4.78, 5) is 60.6. The van der Waals surface area contributed by atoms with Gasteiger partial charge >= 0.3 is 0 Å². The maximum atomic E-state index is 13.5. The summed E-state index contributed by atoms with van der Waals surface area (Å²) >= 11 is 1.20. The number of amides is 2. The van der Waals surface area contributed by atoms with Crippen LogP contribution in [0, 0.1) is 5.92 Å². The van der Waals surface area contributed by atoms with E-state index < -0.39 is 24.1 Å². The van der Waals surface area contributed by atoms with Gasteiger partial charge in [-0.25, -0.2) is 9.97 Å². The monoisotopic (exact) mass is 529 g/mol. The normalized spacial score (nSPS) is 11.7. The molecule has 2 aromatic heterocycles. The molecule has 2 N–H and O–H groups in total. The number of carbonyl (C=O) groups is 3. The maximum Gasteiger partial charge on any atom is 0.278 e. The van der Waals surface area contributed by atoms with Gasteiger partial charge in [0, 0.05) is 17.1 Å². The Morgan fingerprint density at radius 2 is 1.63 bits per heavy atom. The Hall–Kier alpha value is -4.44. The van der Waals surface area contributed by atoms with Gasteiger partial charge in [-0.15, -0.1) is 11.3 Å². The summed E-state index contributed by atoms with van der Waals surface area (Å²) in [5.41, 5.74) is 0.794. The molecular weight excluding hydrogens is 502 g/mol. The van der Waals surface area contributed by atoms with E-state index in [2.05, 4.69) is 20.6 Å². The molecule has 2 aromatic carbocycles. The molecule has 0 aliphatic heterocycles. The number of nitrogens with one attached hydrogen (secondary N) is 2. The molecule has 38 heavy (non-hydrogen) atoms. The number of benzene rings is 2. The Morgan fingerprint density at radius 1 is 0.947 bits per heavy atom. The third kappa shape index (κ3) is 6.46. The standard InChI is InChI=1S/C28H27N5O4S/c1-18(2)24(25(36)27-29-13-14-38-27)32-23(35)17-33-26(20-11-7-4-8-12-20)30-16-21(28(33)37)31-22(34)15-19-9-5-3-6-10-19/h3-14,16,18,24H,15,17H2,1-2H3,(H,31,34)(H,32,35). The van der Waals surface area contributed by atoms with Gasteiger partial charge in [-0.3, -0.25) is 23.7 Å². The molecule has 9 nitrogen and oxygen atoms in total. The Labute approximate surface area is 223 Å². The number of hydrogen-bond donors (Lipinski definition) is 2. The fourth-order valence-corrected chi connectivity index (χ4v) is 4.51. The highest BCUT2D eigenvalue weighted by atomic mass is 32.1. The molecule has 0 bridgehead atoms. The zero-order valence-corrected chi connectivity index (χ0v) is 21.8. The van der Waals surface area contributed by atoms with E-state index in [1.165, 1.54) is 28.3 Å². The van der Waals surface area contributed by atoms with Crippen LogP contribution in [-0.4, -0.2) is 38.2 Å². The molecule has 10 heteroatoms. The second-order valence-electron chi connectivity index (χ2n) is 8.95. The van der Waals surface area contributed by atoms with Crippen molar-refractivity contribution in [3.63, 3.8) is 0 Å². The van der Waals surface area contributed by atoms with Gasteiger partial charge in [0.1, 0.15) is 18.1 Å². The fraction of sp³-hybridized carbons (Fsp3) is 0.214. The minimum Gasteiger partial charge on any atom is -0.344 e. The topological polar surface area (TPSA) is 123 Å². The molecule has 0 fully saturated rings. The molecule has 1 atom stereocenters. The van der Waals surface area contributed by atoms with Crippen LogP contribution in [0.2, 0.25) is 0 Å². The second-order valence-corrected chi connectivity index (χ2v) is 9.85. The Bertz CT molecular complexity index is 1470. The zero-order valence-electron chi connectivity index (χ0n) is 21.0. The van der Waals surface area contributed by atoms with E-state index in [4.69, 9.17) is 0 Å². The molecule has 0 saturated heterocycles. The summed E-state index contributed by atoms with van der Waals surface area (Å²) in [7, 11) is 0. The molecule has 4 aromatic rings. The van der Waals surface area contributed by atoms with Crippen molar-refractivity contribution in [2.24, 2.45) is 5.92 Å². The quantitative estimate of drug-likeness (QED) is 0.303. The van der Waals surface area contributed by atoms with Crippen molar-refractivity contribution in [1.82, 2.24) is 19.9 Å². The smallest absolute Gasteiger partial charge is 0.278 e.